The minimum absolute atomic E-state index is 0.216. The lowest BCUT2D eigenvalue weighted by Crippen LogP contribution is -1.90. The Labute approximate surface area is 47.5 Å². The number of rotatable bonds is 1. The molecule has 0 aliphatic rings. The SMILES string of the molecule is [NH]Cc1cccnn1. The van der Waals surface area contributed by atoms with E-state index in [0.29, 0.717) is 5.69 Å². The molecule has 0 saturated carbocycles. The Balaban J connectivity index is 2.83. The lowest BCUT2D eigenvalue weighted by molar-refractivity contribution is 0.882. The van der Waals surface area contributed by atoms with Crippen molar-refractivity contribution in [3.63, 3.8) is 0 Å². The van der Waals surface area contributed by atoms with Crippen LogP contribution >= 0.6 is 0 Å². The highest BCUT2D eigenvalue weighted by atomic mass is 15.1. The predicted octanol–water partition coefficient (Wildman–Crippen LogP) is 0.259. The highest BCUT2D eigenvalue weighted by molar-refractivity contribution is 4.97. The molecule has 1 rings (SSSR count). The van der Waals surface area contributed by atoms with Crippen LogP contribution in [0.1, 0.15) is 5.69 Å². The first-order valence-electron chi connectivity index (χ1n) is 2.34. The molecule has 1 N–H and O–H groups in total. The van der Waals surface area contributed by atoms with E-state index >= 15 is 0 Å². The van der Waals surface area contributed by atoms with Gasteiger partial charge in [0.15, 0.2) is 0 Å². The number of hydrogen-bond acceptors (Lipinski definition) is 2. The molecule has 0 spiro atoms. The summed E-state index contributed by atoms with van der Waals surface area (Å²) in [4.78, 5) is 0. The quantitative estimate of drug-likeness (QED) is 0.518. The van der Waals surface area contributed by atoms with E-state index in [1.165, 1.54) is 0 Å². The molecule has 1 aromatic rings. The molecule has 41 valence electrons. The van der Waals surface area contributed by atoms with Crippen molar-refractivity contribution in [2.75, 3.05) is 0 Å². The maximum Gasteiger partial charge on any atom is 0.0783 e. The maximum atomic E-state index is 6.84. The van der Waals surface area contributed by atoms with Crippen molar-refractivity contribution in [3.8, 4) is 0 Å². The van der Waals surface area contributed by atoms with Gasteiger partial charge in [-0.25, -0.2) is 0 Å². The van der Waals surface area contributed by atoms with Crippen LogP contribution in [0.2, 0.25) is 0 Å². The molecule has 3 nitrogen and oxygen atoms in total. The lowest BCUT2D eigenvalue weighted by atomic mass is 10.4. The topological polar surface area (TPSA) is 49.6 Å². The fourth-order valence-corrected chi connectivity index (χ4v) is 0.428. The van der Waals surface area contributed by atoms with E-state index in [1.54, 1.807) is 18.3 Å². The van der Waals surface area contributed by atoms with Crippen LogP contribution in [-0.4, -0.2) is 10.2 Å². The van der Waals surface area contributed by atoms with Gasteiger partial charge < -0.3 is 0 Å². The standard InChI is InChI=1S/C5H6N3/c6-4-5-2-1-3-7-8-5/h1-3,6H,4H2. The molecule has 0 fully saturated rings. The lowest BCUT2D eigenvalue weighted by Gasteiger charge is -1.86. The molecule has 3 heteroatoms. The van der Waals surface area contributed by atoms with Gasteiger partial charge in [0.1, 0.15) is 0 Å². The van der Waals surface area contributed by atoms with Gasteiger partial charge in [0, 0.05) is 6.20 Å². The number of nitrogens with one attached hydrogen (secondary N) is 1. The van der Waals surface area contributed by atoms with Crippen molar-refractivity contribution in [2.45, 2.75) is 6.54 Å². The zero-order chi connectivity index (χ0) is 5.82. The molecular weight excluding hydrogens is 102 g/mol. The van der Waals surface area contributed by atoms with Crippen LogP contribution < -0.4 is 5.73 Å². The van der Waals surface area contributed by atoms with Gasteiger partial charge in [-0.3, -0.25) is 5.73 Å². The van der Waals surface area contributed by atoms with Crippen LogP contribution in [0.15, 0.2) is 18.3 Å². The van der Waals surface area contributed by atoms with Gasteiger partial charge >= 0.3 is 0 Å². The Kier molecular flexibility index (Phi) is 1.54. The Morgan fingerprint density at radius 3 is 2.88 bits per heavy atom. The van der Waals surface area contributed by atoms with Gasteiger partial charge in [-0.15, -0.1) is 0 Å². The van der Waals surface area contributed by atoms with Crippen LogP contribution in [0.25, 0.3) is 0 Å². The van der Waals surface area contributed by atoms with Crippen molar-refractivity contribution >= 4 is 0 Å². The Morgan fingerprint density at radius 1 is 1.62 bits per heavy atom. The first kappa shape index (κ1) is 5.18. The largest absolute Gasteiger partial charge is 0.251 e. The second-order valence-corrected chi connectivity index (χ2v) is 1.39. The fraction of sp³-hybridized carbons (Fsp3) is 0.200. The second-order valence-electron chi connectivity index (χ2n) is 1.39. The molecule has 0 aliphatic heterocycles. The third-order valence-electron chi connectivity index (χ3n) is 0.809. The van der Waals surface area contributed by atoms with Crippen LogP contribution in [0.3, 0.4) is 0 Å². The summed E-state index contributed by atoms with van der Waals surface area (Å²) in [5, 5.41) is 7.25. The molecular formula is C5H6N3. The normalized spacial score (nSPS) is 9.12. The molecule has 1 aromatic heterocycles. The molecule has 0 bridgehead atoms. The van der Waals surface area contributed by atoms with Crippen LogP contribution in [0.5, 0.6) is 0 Å². The van der Waals surface area contributed by atoms with E-state index in [2.05, 4.69) is 10.2 Å². The zero-order valence-corrected chi connectivity index (χ0v) is 4.33. The van der Waals surface area contributed by atoms with Gasteiger partial charge in [0.05, 0.1) is 12.2 Å². The van der Waals surface area contributed by atoms with Crippen molar-refractivity contribution in [2.24, 2.45) is 0 Å². The maximum absolute atomic E-state index is 6.84. The first-order valence-corrected chi connectivity index (χ1v) is 2.34. The van der Waals surface area contributed by atoms with E-state index in [1.807, 2.05) is 0 Å². The first-order chi connectivity index (χ1) is 3.93. The third kappa shape index (κ3) is 1.01. The summed E-state index contributed by atoms with van der Waals surface area (Å²) >= 11 is 0. The average Bonchev–Trinajstić information content (AvgIpc) is 1.90. The minimum Gasteiger partial charge on any atom is -0.251 e. The summed E-state index contributed by atoms with van der Waals surface area (Å²) in [5.74, 6) is 0. The zero-order valence-electron chi connectivity index (χ0n) is 4.33. The average molecular weight is 108 g/mol. The van der Waals surface area contributed by atoms with Crippen LogP contribution in [-0.2, 0) is 6.54 Å². The Bertz CT molecular complexity index is 149. The molecule has 0 saturated heterocycles. The highest BCUT2D eigenvalue weighted by Gasteiger charge is 1.84. The number of hydrogen-bond donors (Lipinski definition) is 0. The Hall–Kier alpha value is -0.960. The van der Waals surface area contributed by atoms with E-state index < -0.39 is 0 Å². The molecule has 1 heterocycles. The molecule has 8 heavy (non-hydrogen) atoms. The van der Waals surface area contributed by atoms with Crippen LogP contribution in [0, 0.1) is 0 Å². The van der Waals surface area contributed by atoms with Crippen molar-refractivity contribution in [1.82, 2.24) is 15.9 Å². The number of nitrogens with zero attached hydrogens (tertiary/aromatic N) is 2. The van der Waals surface area contributed by atoms with E-state index in [-0.39, 0.29) is 6.54 Å². The summed E-state index contributed by atoms with van der Waals surface area (Å²) in [7, 11) is 0. The fourth-order valence-electron chi connectivity index (χ4n) is 0.428. The summed E-state index contributed by atoms with van der Waals surface area (Å²) in [6, 6.07) is 3.55. The van der Waals surface area contributed by atoms with Crippen molar-refractivity contribution in [1.29, 1.82) is 0 Å². The van der Waals surface area contributed by atoms with Crippen LogP contribution in [0.4, 0.5) is 0 Å². The summed E-state index contributed by atoms with van der Waals surface area (Å²) in [6.45, 7) is 0.216. The molecule has 0 unspecified atom stereocenters. The molecule has 1 radical (unpaired) electrons. The van der Waals surface area contributed by atoms with E-state index in [9.17, 15) is 0 Å². The highest BCUT2D eigenvalue weighted by Crippen LogP contribution is 1.86. The van der Waals surface area contributed by atoms with Gasteiger partial charge in [-0.1, -0.05) is 0 Å². The third-order valence-corrected chi connectivity index (χ3v) is 0.809. The minimum atomic E-state index is 0.216. The summed E-state index contributed by atoms with van der Waals surface area (Å²) in [5.41, 5.74) is 7.56. The van der Waals surface area contributed by atoms with E-state index in [0.717, 1.165) is 0 Å². The van der Waals surface area contributed by atoms with Crippen molar-refractivity contribution < 1.29 is 0 Å². The molecule has 0 amide bonds. The Morgan fingerprint density at radius 2 is 2.50 bits per heavy atom. The number of aromatic nitrogens is 2. The molecule has 0 aliphatic carbocycles. The summed E-state index contributed by atoms with van der Waals surface area (Å²) < 4.78 is 0. The predicted molar refractivity (Wildman–Crippen MR) is 28.8 cm³/mol. The second kappa shape index (κ2) is 2.37. The van der Waals surface area contributed by atoms with Gasteiger partial charge in [0.2, 0.25) is 0 Å². The monoisotopic (exact) mass is 108 g/mol. The van der Waals surface area contributed by atoms with E-state index in [4.69, 9.17) is 5.73 Å². The van der Waals surface area contributed by atoms with Gasteiger partial charge in [-0.2, -0.15) is 10.2 Å². The van der Waals surface area contributed by atoms with Crippen molar-refractivity contribution in [3.05, 3.63) is 24.0 Å². The summed E-state index contributed by atoms with van der Waals surface area (Å²) in [6.07, 6.45) is 1.60. The van der Waals surface area contributed by atoms with Gasteiger partial charge in [0.25, 0.3) is 0 Å². The molecule has 0 atom stereocenters. The van der Waals surface area contributed by atoms with Gasteiger partial charge in [-0.05, 0) is 12.1 Å². The smallest absolute Gasteiger partial charge is 0.0783 e. The molecule has 0 aromatic carbocycles.